The molecule has 2 aliphatic rings. The lowest BCUT2D eigenvalue weighted by Crippen LogP contribution is -2.61. The van der Waals surface area contributed by atoms with Gasteiger partial charge in [0.2, 0.25) is 0 Å². The molecule has 107 heavy (non-hydrogen) atoms. The van der Waals surface area contributed by atoms with E-state index in [1.165, 1.54) is 42.1 Å². The van der Waals surface area contributed by atoms with Crippen molar-refractivity contribution in [3.8, 4) is 44.8 Å². The summed E-state index contributed by atoms with van der Waals surface area (Å²) in [5, 5.41) is 6.78. The molecule has 7 heteroatoms. The zero-order valence-corrected chi connectivity index (χ0v) is 63.0. The molecule has 18 aromatic rings. The summed E-state index contributed by atoms with van der Waals surface area (Å²) in [6.45, 7) is 26.8. The Hall–Kier alpha value is -11.6. The molecule has 518 valence electrons. The molecular formula is C100H83BN4OS. The first-order valence-electron chi connectivity index (χ1n) is 41.3. The van der Waals surface area contributed by atoms with Crippen LogP contribution in [0.4, 0.5) is 34.1 Å². The molecule has 4 aromatic heterocycles. The first kappa shape index (κ1) is 56.7. The molecule has 0 unspecified atom stereocenters. The molecule has 2 aliphatic heterocycles. The van der Waals surface area contributed by atoms with Gasteiger partial charge in [0.25, 0.3) is 6.71 Å². The highest BCUT2D eigenvalue weighted by Gasteiger charge is 2.46. The molecule has 0 bridgehead atoms. The molecular weight excluding hydrogens is 1320 g/mol. The molecule has 5 nitrogen and oxygen atoms in total. The van der Waals surface area contributed by atoms with Gasteiger partial charge in [0.1, 0.15) is 5.58 Å². The van der Waals surface area contributed by atoms with E-state index in [1.54, 1.807) is 4.57 Å². The molecule has 14 aromatic carbocycles. The molecule has 0 amide bonds. The number of hydrogen-bond donors (Lipinski definition) is 0. The second kappa shape index (κ2) is 23.4. The average Bonchev–Trinajstić information content (AvgIpc) is 1.60. The summed E-state index contributed by atoms with van der Waals surface area (Å²) >= 11 is 1.81. The maximum Gasteiger partial charge on any atom is 0.252 e. The molecule has 0 N–H and O–H groups in total. The number of furan rings is 1. The fraction of sp³-hybridized carbons (Fsp3) is 0.160. The van der Waals surface area contributed by atoms with Gasteiger partial charge in [-0.15, -0.1) is 11.3 Å². The van der Waals surface area contributed by atoms with Crippen molar-refractivity contribution in [2.24, 2.45) is 0 Å². The van der Waals surface area contributed by atoms with Crippen LogP contribution in [0.3, 0.4) is 0 Å². The summed E-state index contributed by atoms with van der Waals surface area (Å²) < 4.78 is 90.1. The largest absolute Gasteiger partial charge is 0.453 e. The number of para-hydroxylation sites is 4. The number of hydrogen-bond acceptors (Lipinski definition) is 4. The smallest absolute Gasteiger partial charge is 0.252 e. The predicted octanol–water partition coefficient (Wildman–Crippen LogP) is 26.4. The lowest BCUT2D eigenvalue weighted by molar-refractivity contribution is 0.590. The Kier molecular flexibility index (Phi) is 12.4. The lowest BCUT2D eigenvalue weighted by Gasteiger charge is -2.46. The average molecular weight is 1410 g/mol. The normalized spacial score (nSPS) is 14.4. The molecule has 0 aliphatic carbocycles. The molecule has 0 saturated carbocycles. The Morgan fingerprint density at radius 1 is 0.318 bits per heavy atom. The van der Waals surface area contributed by atoms with E-state index in [4.69, 9.17) is 7.16 Å². The Labute approximate surface area is 641 Å². The number of aromatic nitrogens is 2. The Morgan fingerprint density at radius 2 is 0.804 bits per heavy atom. The van der Waals surface area contributed by atoms with Crippen LogP contribution in [0.5, 0.6) is 0 Å². The zero-order chi connectivity index (χ0) is 79.9. The van der Waals surface area contributed by atoms with Crippen molar-refractivity contribution < 1.29 is 15.4 Å². The third-order valence-corrected chi connectivity index (χ3v) is 23.9. The van der Waals surface area contributed by atoms with Gasteiger partial charge in [-0.2, -0.15) is 0 Å². The molecule has 0 saturated heterocycles. The van der Waals surface area contributed by atoms with Gasteiger partial charge < -0.3 is 23.4 Å². The van der Waals surface area contributed by atoms with Crippen LogP contribution in [0.25, 0.3) is 130 Å². The van der Waals surface area contributed by atoms with Gasteiger partial charge in [-0.05, 0) is 186 Å². The minimum atomic E-state index is -0.506. The van der Waals surface area contributed by atoms with Crippen molar-refractivity contribution in [1.82, 2.24) is 9.13 Å². The number of benzene rings is 14. The second-order valence-electron chi connectivity index (χ2n) is 33.5. The second-order valence-corrected chi connectivity index (χ2v) is 34.6. The van der Waals surface area contributed by atoms with E-state index in [0.717, 1.165) is 134 Å². The maximum atomic E-state index is 9.87. The third kappa shape index (κ3) is 10.1. The summed E-state index contributed by atoms with van der Waals surface area (Å²) in [6, 6.07) is 83.2. The fourth-order valence-corrected chi connectivity index (χ4v) is 18.3. The van der Waals surface area contributed by atoms with Gasteiger partial charge in [0.15, 0.2) is 5.58 Å². The minimum absolute atomic E-state index is 0.0109. The number of fused-ring (bicyclic) bond motifs is 16. The van der Waals surface area contributed by atoms with E-state index in [-0.39, 0.29) is 50.1 Å². The molecule has 6 heterocycles. The van der Waals surface area contributed by atoms with E-state index in [2.05, 4.69) is 328 Å². The fourth-order valence-electron chi connectivity index (χ4n) is 17.2. The van der Waals surface area contributed by atoms with Crippen molar-refractivity contribution in [2.75, 3.05) is 9.80 Å². The van der Waals surface area contributed by atoms with Crippen LogP contribution in [0.2, 0.25) is 0 Å². The monoisotopic (exact) mass is 1410 g/mol. The maximum absolute atomic E-state index is 9.87. The summed E-state index contributed by atoms with van der Waals surface area (Å²) in [5.41, 5.74) is 23.1. The van der Waals surface area contributed by atoms with Crippen LogP contribution < -0.4 is 26.2 Å². The number of rotatable bonds is 7. The van der Waals surface area contributed by atoms with E-state index >= 15 is 0 Å². The van der Waals surface area contributed by atoms with E-state index in [0.29, 0.717) is 5.69 Å². The van der Waals surface area contributed by atoms with Crippen molar-refractivity contribution in [3.05, 3.63) is 307 Å². The quantitative estimate of drug-likeness (QED) is 0.149. The first-order valence-corrected chi connectivity index (χ1v) is 38.1. The third-order valence-electron chi connectivity index (χ3n) is 22.8. The van der Waals surface area contributed by atoms with Gasteiger partial charge in [-0.25, -0.2) is 0 Å². The molecule has 0 radical (unpaired) electrons. The van der Waals surface area contributed by atoms with Crippen LogP contribution in [-0.2, 0) is 21.7 Å². The van der Waals surface area contributed by atoms with E-state index in [1.807, 2.05) is 17.4 Å². The number of anilines is 6. The van der Waals surface area contributed by atoms with Gasteiger partial charge in [0.05, 0.1) is 44.4 Å². The topological polar surface area (TPSA) is 29.5 Å². The molecule has 0 fully saturated rings. The predicted molar refractivity (Wildman–Crippen MR) is 460 cm³/mol. The number of nitrogens with zero attached hydrogens (tertiary/aromatic N) is 4. The summed E-state index contributed by atoms with van der Waals surface area (Å²) in [6.07, 6.45) is 0. The molecule has 20 rings (SSSR count). The summed E-state index contributed by atoms with van der Waals surface area (Å²) in [4.78, 5) is 4.95. The van der Waals surface area contributed by atoms with Gasteiger partial charge in [-0.1, -0.05) is 259 Å². The Balaban J connectivity index is 0.944. The van der Waals surface area contributed by atoms with Crippen molar-refractivity contribution in [1.29, 1.82) is 0 Å². The first-order chi connectivity index (χ1) is 54.9. The van der Waals surface area contributed by atoms with Crippen LogP contribution in [0, 0.1) is 0 Å². The zero-order valence-electron chi connectivity index (χ0n) is 70.2. The highest BCUT2D eigenvalue weighted by atomic mass is 32.1. The van der Waals surface area contributed by atoms with Gasteiger partial charge in [0, 0.05) is 103 Å². The van der Waals surface area contributed by atoms with Crippen molar-refractivity contribution in [3.63, 3.8) is 0 Å². The van der Waals surface area contributed by atoms with E-state index < -0.39 is 48.4 Å². The molecule has 0 spiro atoms. The van der Waals surface area contributed by atoms with Crippen LogP contribution >= 0.6 is 11.3 Å². The van der Waals surface area contributed by atoms with Gasteiger partial charge in [-0.3, -0.25) is 0 Å². The SMILES string of the molecule is [2H]c1c([2H])c([2H])c2c(c1[2H])c1c([2H])c([2H])c([2H])c([2H])c1n2-c1ccc2c(c1)N(c1c(-c3ccccc3)cc(C(C)(C)C)cc1-c1ccccc1)c1cc(C(C)(C)C)cc3c1B2c1ccc(-n2c4ccc(C(C)(C)C)cc4c4cc(C(C)(C)C)ccc42)cc1N3c1cccc2c1oc1c(-c3ccc4sc5ccccc5c4c3)cccc12. The van der Waals surface area contributed by atoms with Crippen LogP contribution in [0.1, 0.15) is 116 Å². The minimum Gasteiger partial charge on any atom is -0.453 e. The summed E-state index contributed by atoms with van der Waals surface area (Å²) in [7, 11) is 0. The van der Waals surface area contributed by atoms with Crippen LogP contribution in [0.15, 0.2) is 289 Å². The number of thiophene rings is 1. The Morgan fingerprint density at radius 3 is 1.38 bits per heavy atom. The lowest BCUT2D eigenvalue weighted by atomic mass is 9.33. The van der Waals surface area contributed by atoms with Crippen molar-refractivity contribution >= 4 is 154 Å². The highest BCUT2D eigenvalue weighted by Crippen LogP contribution is 2.55. The van der Waals surface area contributed by atoms with Crippen LogP contribution in [-0.4, -0.2) is 15.8 Å². The summed E-state index contributed by atoms with van der Waals surface area (Å²) in [5.74, 6) is 0. The van der Waals surface area contributed by atoms with Crippen molar-refractivity contribution in [2.45, 2.75) is 105 Å². The van der Waals surface area contributed by atoms with E-state index in [9.17, 15) is 8.22 Å². The van der Waals surface area contributed by atoms with Gasteiger partial charge >= 0.3 is 0 Å². The molecule has 0 atom stereocenters. The highest BCUT2D eigenvalue weighted by molar-refractivity contribution is 7.25. The Bertz CT molecular complexity index is 7060. The standard InChI is InChI=1S/C100H83BN4OS/c1-97(2,3)63-42-48-84-77(52-63)78-53-64(98(4,5)6)43-49-85(78)103(84)67-44-46-80-87(58-67)104(86-39-26-36-74-73-35-25-34-69(95(73)106-96(74)86)62-41-50-92-79(51-62)72-33-21-24-40-91(72)107-92)89-56-66(100(10,11)12)57-90-93(89)101(80)81-47-45-68(102-82-37-22-19-31-70(82)71-32-20-23-38-83(71)102)59-88(81)105(90)94-75(60-27-15-13-16-28-60)54-65(99(7,8)9)55-76(94)61-29-17-14-18-30-61/h13-59H,1-12H3/i19D,20D,22D,23D,31D,32D,37D,38D.